The molecule has 0 heterocycles. The molecule has 1 aliphatic rings. The number of carbonyl (C=O) groups excluding carboxylic acids is 2. The van der Waals surface area contributed by atoms with Crippen LogP contribution in [-0.2, 0) is 9.59 Å². The SMILES string of the molecule is C1CCCCC1.CCC(NC)C(=O)NCC(N)=O. The van der Waals surface area contributed by atoms with Gasteiger partial charge in [0.05, 0.1) is 12.6 Å². The van der Waals surface area contributed by atoms with Gasteiger partial charge in [-0.05, 0) is 13.5 Å². The number of hydrogen-bond acceptors (Lipinski definition) is 3. The largest absolute Gasteiger partial charge is 0.368 e. The number of amides is 2. The predicted molar refractivity (Wildman–Crippen MR) is 73.0 cm³/mol. The molecule has 0 aliphatic heterocycles. The summed E-state index contributed by atoms with van der Waals surface area (Å²) in [6, 6.07) is -0.246. The molecule has 1 fully saturated rings. The van der Waals surface area contributed by atoms with Crippen molar-refractivity contribution in [2.24, 2.45) is 5.73 Å². The van der Waals surface area contributed by atoms with Crippen LogP contribution in [0.1, 0.15) is 51.9 Å². The Morgan fingerprint density at radius 3 is 1.83 bits per heavy atom. The summed E-state index contributed by atoms with van der Waals surface area (Å²) in [6.07, 6.45) is 9.68. The fraction of sp³-hybridized carbons (Fsp3) is 0.846. The molecule has 5 nitrogen and oxygen atoms in total. The molecule has 1 atom stereocenters. The van der Waals surface area contributed by atoms with Crippen molar-refractivity contribution in [3.63, 3.8) is 0 Å². The second-order valence-electron chi connectivity index (χ2n) is 4.55. The molecule has 5 heteroatoms. The summed E-state index contributed by atoms with van der Waals surface area (Å²) in [5.74, 6) is -0.729. The molecule has 0 saturated heterocycles. The maximum absolute atomic E-state index is 11.1. The minimum absolute atomic E-state index is 0.100. The molecule has 0 aromatic rings. The highest BCUT2D eigenvalue weighted by Crippen LogP contribution is 2.15. The summed E-state index contributed by atoms with van der Waals surface area (Å²) >= 11 is 0. The minimum atomic E-state index is -0.533. The fourth-order valence-electron chi connectivity index (χ4n) is 1.88. The van der Waals surface area contributed by atoms with E-state index < -0.39 is 5.91 Å². The van der Waals surface area contributed by atoms with Gasteiger partial charge < -0.3 is 16.4 Å². The lowest BCUT2D eigenvalue weighted by molar-refractivity contribution is -0.126. The van der Waals surface area contributed by atoms with Gasteiger partial charge in [-0.2, -0.15) is 0 Å². The van der Waals surface area contributed by atoms with Gasteiger partial charge in [0.15, 0.2) is 0 Å². The second-order valence-corrected chi connectivity index (χ2v) is 4.55. The van der Waals surface area contributed by atoms with Gasteiger partial charge in [0.2, 0.25) is 11.8 Å². The Bertz CT molecular complexity index is 225. The van der Waals surface area contributed by atoms with E-state index in [1.807, 2.05) is 6.92 Å². The first kappa shape index (κ1) is 16.9. The third-order valence-electron chi connectivity index (χ3n) is 3.01. The summed E-state index contributed by atoms with van der Waals surface area (Å²) in [5, 5.41) is 5.22. The van der Waals surface area contributed by atoms with Gasteiger partial charge in [0, 0.05) is 0 Å². The van der Waals surface area contributed by atoms with Crippen molar-refractivity contribution in [3.8, 4) is 0 Å². The average Bonchev–Trinajstić information content (AvgIpc) is 2.40. The molecule has 1 aliphatic carbocycles. The van der Waals surface area contributed by atoms with E-state index in [-0.39, 0.29) is 18.5 Å². The smallest absolute Gasteiger partial charge is 0.237 e. The summed E-state index contributed by atoms with van der Waals surface area (Å²) in [6.45, 7) is 1.78. The quantitative estimate of drug-likeness (QED) is 0.685. The number of nitrogens with one attached hydrogen (secondary N) is 2. The van der Waals surface area contributed by atoms with E-state index in [0.29, 0.717) is 6.42 Å². The van der Waals surface area contributed by atoms with Crippen LogP contribution in [0.3, 0.4) is 0 Å². The first-order valence-corrected chi connectivity index (χ1v) is 6.85. The first-order chi connectivity index (χ1) is 8.61. The van der Waals surface area contributed by atoms with Crippen molar-refractivity contribution in [3.05, 3.63) is 0 Å². The maximum Gasteiger partial charge on any atom is 0.237 e. The van der Waals surface area contributed by atoms with Gasteiger partial charge in [0.1, 0.15) is 0 Å². The Morgan fingerprint density at radius 1 is 1.11 bits per heavy atom. The summed E-state index contributed by atoms with van der Waals surface area (Å²) < 4.78 is 0. The molecular formula is C13H27N3O2. The van der Waals surface area contributed by atoms with Crippen LogP contribution in [0.15, 0.2) is 0 Å². The summed E-state index contributed by atoms with van der Waals surface area (Å²) in [4.78, 5) is 21.4. The highest BCUT2D eigenvalue weighted by molar-refractivity contribution is 5.86. The molecule has 0 aromatic heterocycles. The van der Waals surface area contributed by atoms with Crippen LogP contribution < -0.4 is 16.4 Å². The van der Waals surface area contributed by atoms with Gasteiger partial charge in [-0.25, -0.2) is 0 Å². The number of likely N-dealkylation sites (N-methyl/N-ethyl adjacent to an activating group) is 1. The zero-order chi connectivity index (χ0) is 13.8. The van der Waals surface area contributed by atoms with Gasteiger partial charge in [0.25, 0.3) is 0 Å². The fourth-order valence-corrected chi connectivity index (χ4v) is 1.88. The van der Waals surface area contributed by atoms with Crippen LogP contribution in [-0.4, -0.2) is 31.4 Å². The Balaban J connectivity index is 0.000000397. The summed E-state index contributed by atoms with van der Waals surface area (Å²) in [7, 11) is 1.69. The van der Waals surface area contributed by atoms with Crippen LogP contribution in [0, 0.1) is 0 Å². The molecule has 0 radical (unpaired) electrons. The summed E-state index contributed by atoms with van der Waals surface area (Å²) in [5.41, 5.74) is 4.85. The zero-order valence-electron chi connectivity index (χ0n) is 11.6. The Hall–Kier alpha value is -1.10. The van der Waals surface area contributed by atoms with Gasteiger partial charge >= 0.3 is 0 Å². The molecule has 0 bridgehead atoms. The van der Waals surface area contributed by atoms with Crippen LogP contribution in [0.2, 0.25) is 0 Å². The number of carbonyl (C=O) groups is 2. The Kier molecular flexibility index (Phi) is 10.3. The first-order valence-electron chi connectivity index (χ1n) is 6.85. The third-order valence-corrected chi connectivity index (χ3v) is 3.01. The van der Waals surface area contributed by atoms with E-state index >= 15 is 0 Å². The lowest BCUT2D eigenvalue weighted by Gasteiger charge is -2.12. The highest BCUT2D eigenvalue weighted by atomic mass is 16.2. The topological polar surface area (TPSA) is 84.2 Å². The van der Waals surface area contributed by atoms with Crippen LogP contribution in [0.4, 0.5) is 0 Å². The van der Waals surface area contributed by atoms with Gasteiger partial charge in [-0.1, -0.05) is 45.4 Å². The Labute approximate surface area is 110 Å². The zero-order valence-corrected chi connectivity index (χ0v) is 11.6. The predicted octanol–water partition coefficient (Wildman–Crippen LogP) is 0.927. The second kappa shape index (κ2) is 11.0. The molecule has 1 rings (SSSR count). The molecule has 106 valence electrons. The van der Waals surface area contributed by atoms with Gasteiger partial charge in [-0.3, -0.25) is 9.59 Å². The molecule has 1 saturated carbocycles. The number of rotatable bonds is 5. The van der Waals surface area contributed by atoms with E-state index in [1.165, 1.54) is 38.5 Å². The number of nitrogens with two attached hydrogens (primary N) is 1. The van der Waals surface area contributed by atoms with Crippen molar-refractivity contribution in [1.29, 1.82) is 0 Å². The lowest BCUT2D eigenvalue weighted by Crippen LogP contribution is -2.44. The monoisotopic (exact) mass is 257 g/mol. The maximum atomic E-state index is 11.1. The third kappa shape index (κ3) is 8.98. The number of primary amides is 1. The van der Waals surface area contributed by atoms with Crippen molar-refractivity contribution >= 4 is 11.8 Å². The minimum Gasteiger partial charge on any atom is -0.368 e. The van der Waals surface area contributed by atoms with E-state index in [0.717, 1.165) is 0 Å². The van der Waals surface area contributed by atoms with Gasteiger partial charge in [-0.15, -0.1) is 0 Å². The van der Waals surface area contributed by atoms with Crippen molar-refractivity contribution in [2.75, 3.05) is 13.6 Å². The normalized spacial score (nSPS) is 16.1. The Morgan fingerprint density at radius 2 is 1.56 bits per heavy atom. The number of hydrogen-bond donors (Lipinski definition) is 3. The highest BCUT2D eigenvalue weighted by Gasteiger charge is 2.13. The van der Waals surface area contributed by atoms with E-state index in [1.54, 1.807) is 7.05 Å². The average molecular weight is 257 g/mol. The van der Waals surface area contributed by atoms with Crippen molar-refractivity contribution in [2.45, 2.75) is 57.9 Å². The molecule has 18 heavy (non-hydrogen) atoms. The molecule has 0 spiro atoms. The van der Waals surface area contributed by atoms with Crippen LogP contribution >= 0.6 is 0 Å². The van der Waals surface area contributed by atoms with Crippen LogP contribution in [0.25, 0.3) is 0 Å². The van der Waals surface area contributed by atoms with Crippen molar-refractivity contribution < 1.29 is 9.59 Å². The van der Waals surface area contributed by atoms with E-state index in [9.17, 15) is 9.59 Å². The lowest BCUT2D eigenvalue weighted by atomic mass is 10.0. The molecule has 2 amide bonds. The standard InChI is InChI=1S/C7H15N3O2.C6H12/c1-3-5(9-2)7(12)10-4-6(8)11;1-2-4-6-5-3-1/h5,9H,3-4H2,1-2H3,(H2,8,11)(H,10,12);1-6H2. The van der Waals surface area contributed by atoms with E-state index in [4.69, 9.17) is 5.73 Å². The van der Waals surface area contributed by atoms with Crippen molar-refractivity contribution in [1.82, 2.24) is 10.6 Å². The molecule has 0 aromatic carbocycles. The van der Waals surface area contributed by atoms with E-state index in [2.05, 4.69) is 10.6 Å². The molecule has 1 unspecified atom stereocenters. The molecular weight excluding hydrogens is 230 g/mol. The van der Waals surface area contributed by atoms with Crippen LogP contribution in [0.5, 0.6) is 0 Å². The molecule has 4 N–H and O–H groups in total.